The summed E-state index contributed by atoms with van der Waals surface area (Å²) in [7, 11) is 0. The molecule has 2 aromatic heterocycles. The van der Waals surface area contributed by atoms with Crippen LogP contribution in [0.4, 0.5) is 8.78 Å². The summed E-state index contributed by atoms with van der Waals surface area (Å²) in [4.78, 5) is 18.6. The molecular formula is C20H15F2N3OS. The maximum atomic E-state index is 13.1. The van der Waals surface area contributed by atoms with Crippen LogP contribution in [0.2, 0.25) is 0 Å². The first-order chi connectivity index (χ1) is 13.0. The molecule has 4 rings (SSSR count). The van der Waals surface area contributed by atoms with Gasteiger partial charge in [-0.15, -0.1) is 0 Å². The van der Waals surface area contributed by atoms with Gasteiger partial charge >= 0.3 is 0 Å². The van der Waals surface area contributed by atoms with E-state index in [0.29, 0.717) is 12.1 Å². The van der Waals surface area contributed by atoms with E-state index in [-0.39, 0.29) is 17.5 Å². The van der Waals surface area contributed by atoms with Crippen molar-refractivity contribution in [3.05, 3.63) is 82.5 Å². The van der Waals surface area contributed by atoms with Gasteiger partial charge in [-0.3, -0.25) is 9.20 Å². The standard InChI is InChI=1S/C20H15F2N3OS/c1-12-18(10-23-19(26)14-4-8-16(22)9-5-14)27-20-24-17(11-25(12)20)13-2-6-15(21)7-3-13/h2-9,11H,10H2,1H3,(H,23,26). The third-order valence-corrected chi connectivity index (χ3v) is 5.47. The molecule has 0 spiro atoms. The van der Waals surface area contributed by atoms with E-state index in [9.17, 15) is 13.6 Å². The Morgan fingerprint density at radius 1 is 1.07 bits per heavy atom. The van der Waals surface area contributed by atoms with E-state index in [0.717, 1.165) is 26.8 Å². The lowest BCUT2D eigenvalue weighted by molar-refractivity contribution is 0.0951. The first kappa shape index (κ1) is 17.4. The number of carbonyl (C=O) groups excluding carboxylic acids is 1. The van der Waals surface area contributed by atoms with Crippen LogP contribution < -0.4 is 5.32 Å². The van der Waals surface area contributed by atoms with Gasteiger partial charge in [-0.1, -0.05) is 11.3 Å². The number of halogens is 2. The van der Waals surface area contributed by atoms with Crippen LogP contribution in [0.5, 0.6) is 0 Å². The summed E-state index contributed by atoms with van der Waals surface area (Å²) in [5.74, 6) is -0.915. The minimum absolute atomic E-state index is 0.257. The average molecular weight is 383 g/mol. The zero-order valence-corrected chi connectivity index (χ0v) is 15.2. The molecule has 136 valence electrons. The van der Waals surface area contributed by atoms with Gasteiger partial charge in [0.15, 0.2) is 4.96 Å². The summed E-state index contributed by atoms with van der Waals surface area (Å²) in [5.41, 5.74) is 3.01. The molecule has 7 heteroatoms. The predicted molar refractivity (Wildman–Crippen MR) is 101 cm³/mol. The number of amides is 1. The number of aromatic nitrogens is 2. The highest BCUT2D eigenvalue weighted by molar-refractivity contribution is 7.17. The van der Waals surface area contributed by atoms with Crippen LogP contribution in [-0.4, -0.2) is 15.3 Å². The third-order valence-electron chi connectivity index (χ3n) is 4.31. The number of fused-ring (bicyclic) bond motifs is 1. The Labute approximate surface area is 158 Å². The molecule has 0 saturated carbocycles. The molecule has 1 amide bonds. The molecule has 0 unspecified atom stereocenters. The quantitative estimate of drug-likeness (QED) is 0.561. The summed E-state index contributed by atoms with van der Waals surface area (Å²) in [5, 5.41) is 2.85. The van der Waals surface area contributed by atoms with E-state index in [1.54, 1.807) is 12.1 Å². The second-order valence-electron chi connectivity index (χ2n) is 6.09. The van der Waals surface area contributed by atoms with Crippen molar-refractivity contribution in [2.45, 2.75) is 13.5 Å². The minimum Gasteiger partial charge on any atom is -0.347 e. The lowest BCUT2D eigenvalue weighted by Crippen LogP contribution is -2.22. The molecule has 4 nitrogen and oxygen atoms in total. The molecule has 4 aromatic rings. The highest BCUT2D eigenvalue weighted by Gasteiger charge is 2.14. The first-order valence-corrected chi connectivity index (χ1v) is 9.10. The number of hydrogen-bond donors (Lipinski definition) is 1. The fourth-order valence-corrected chi connectivity index (χ4v) is 3.82. The number of rotatable bonds is 4. The van der Waals surface area contributed by atoms with E-state index in [1.807, 2.05) is 17.5 Å². The lowest BCUT2D eigenvalue weighted by Gasteiger charge is -2.04. The van der Waals surface area contributed by atoms with Gasteiger partial charge in [0, 0.05) is 27.9 Å². The van der Waals surface area contributed by atoms with Gasteiger partial charge in [-0.2, -0.15) is 0 Å². The molecule has 2 aromatic carbocycles. The van der Waals surface area contributed by atoms with Crippen molar-refractivity contribution in [3.8, 4) is 11.3 Å². The first-order valence-electron chi connectivity index (χ1n) is 8.28. The number of benzene rings is 2. The van der Waals surface area contributed by atoms with Crippen LogP contribution in [0.3, 0.4) is 0 Å². The zero-order chi connectivity index (χ0) is 19.0. The van der Waals surface area contributed by atoms with Crippen molar-refractivity contribution in [2.24, 2.45) is 0 Å². The summed E-state index contributed by atoms with van der Waals surface area (Å²) >= 11 is 1.49. The van der Waals surface area contributed by atoms with Crippen LogP contribution in [0, 0.1) is 18.6 Å². The van der Waals surface area contributed by atoms with E-state index >= 15 is 0 Å². The Kier molecular flexibility index (Phi) is 4.45. The molecule has 0 aliphatic heterocycles. The maximum Gasteiger partial charge on any atom is 0.251 e. The molecule has 0 aliphatic carbocycles. The van der Waals surface area contributed by atoms with E-state index in [1.165, 1.54) is 47.7 Å². The largest absolute Gasteiger partial charge is 0.347 e. The second kappa shape index (κ2) is 6.92. The normalized spacial score (nSPS) is 11.1. The number of aryl methyl sites for hydroxylation is 1. The number of hydrogen-bond acceptors (Lipinski definition) is 3. The summed E-state index contributed by atoms with van der Waals surface area (Å²) < 4.78 is 28.0. The Morgan fingerprint density at radius 3 is 2.33 bits per heavy atom. The molecule has 0 fully saturated rings. The SMILES string of the molecule is Cc1c(CNC(=O)c2ccc(F)cc2)sc2nc(-c3ccc(F)cc3)cn12. The number of imidazole rings is 1. The van der Waals surface area contributed by atoms with Crippen molar-refractivity contribution in [1.82, 2.24) is 14.7 Å². The average Bonchev–Trinajstić information content (AvgIpc) is 3.20. The topological polar surface area (TPSA) is 46.4 Å². The van der Waals surface area contributed by atoms with Crippen molar-refractivity contribution < 1.29 is 13.6 Å². The highest BCUT2D eigenvalue weighted by atomic mass is 32.1. The molecule has 0 radical (unpaired) electrons. The van der Waals surface area contributed by atoms with Crippen LogP contribution in [-0.2, 0) is 6.54 Å². The Morgan fingerprint density at radius 2 is 1.70 bits per heavy atom. The monoisotopic (exact) mass is 383 g/mol. The summed E-state index contributed by atoms with van der Waals surface area (Å²) in [6, 6.07) is 11.6. The molecule has 0 saturated heterocycles. The van der Waals surface area contributed by atoms with Crippen molar-refractivity contribution in [3.63, 3.8) is 0 Å². The lowest BCUT2D eigenvalue weighted by atomic mass is 10.2. The van der Waals surface area contributed by atoms with Crippen molar-refractivity contribution >= 4 is 22.2 Å². The molecule has 0 aliphatic rings. The summed E-state index contributed by atoms with van der Waals surface area (Å²) in [6.07, 6.45) is 1.90. The van der Waals surface area contributed by atoms with Gasteiger partial charge < -0.3 is 5.32 Å². The molecule has 0 atom stereocenters. The van der Waals surface area contributed by atoms with Crippen LogP contribution in [0.15, 0.2) is 54.7 Å². The zero-order valence-electron chi connectivity index (χ0n) is 14.4. The fourth-order valence-electron chi connectivity index (χ4n) is 2.78. The predicted octanol–water partition coefficient (Wildman–Crippen LogP) is 4.58. The number of carbonyl (C=O) groups is 1. The Bertz CT molecular complexity index is 1110. The van der Waals surface area contributed by atoms with Gasteiger partial charge in [0.2, 0.25) is 0 Å². The minimum atomic E-state index is -0.376. The Hall–Kier alpha value is -3.06. The number of nitrogens with one attached hydrogen (secondary N) is 1. The van der Waals surface area contributed by atoms with E-state index in [4.69, 9.17) is 0 Å². The second-order valence-corrected chi connectivity index (χ2v) is 7.15. The van der Waals surface area contributed by atoms with Crippen LogP contribution in [0.25, 0.3) is 16.2 Å². The summed E-state index contributed by atoms with van der Waals surface area (Å²) in [6.45, 7) is 2.32. The van der Waals surface area contributed by atoms with Gasteiger partial charge in [0.1, 0.15) is 11.6 Å². The Balaban J connectivity index is 1.52. The molecule has 27 heavy (non-hydrogen) atoms. The van der Waals surface area contributed by atoms with Crippen molar-refractivity contribution in [1.29, 1.82) is 0 Å². The van der Waals surface area contributed by atoms with Crippen LogP contribution >= 0.6 is 11.3 Å². The van der Waals surface area contributed by atoms with Crippen molar-refractivity contribution in [2.75, 3.05) is 0 Å². The molecule has 1 N–H and O–H groups in total. The third kappa shape index (κ3) is 3.46. The molecule has 0 bridgehead atoms. The van der Waals surface area contributed by atoms with Gasteiger partial charge in [-0.05, 0) is 55.5 Å². The van der Waals surface area contributed by atoms with Gasteiger partial charge in [0.05, 0.1) is 12.2 Å². The fraction of sp³-hybridized carbons (Fsp3) is 0.100. The molecule has 2 heterocycles. The van der Waals surface area contributed by atoms with E-state index < -0.39 is 0 Å². The number of nitrogens with zero attached hydrogens (tertiary/aromatic N) is 2. The van der Waals surface area contributed by atoms with Gasteiger partial charge in [0.25, 0.3) is 5.91 Å². The number of thiazole rings is 1. The molecular weight excluding hydrogens is 368 g/mol. The van der Waals surface area contributed by atoms with Crippen LogP contribution in [0.1, 0.15) is 20.9 Å². The maximum absolute atomic E-state index is 13.1. The highest BCUT2D eigenvalue weighted by Crippen LogP contribution is 2.27. The van der Waals surface area contributed by atoms with Gasteiger partial charge in [-0.25, -0.2) is 13.8 Å². The smallest absolute Gasteiger partial charge is 0.251 e. The van der Waals surface area contributed by atoms with E-state index in [2.05, 4.69) is 10.3 Å².